The molecule has 9 heteroatoms. The van der Waals surface area contributed by atoms with Gasteiger partial charge in [-0.15, -0.1) is 11.8 Å². The molecule has 31 heavy (non-hydrogen) atoms. The summed E-state index contributed by atoms with van der Waals surface area (Å²) in [4.78, 5) is 38.8. The van der Waals surface area contributed by atoms with Gasteiger partial charge in [0.15, 0.2) is 5.78 Å². The number of methoxy groups -OCH3 is 1. The molecule has 1 heterocycles. The lowest BCUT2D eigenvalue weighted by Gasteiger charge is -2.28. The third kappa shape index (κ3) is 5.28. The van der Waals surface area contributed by atoms with Gasteiger partial charge in [0.25, 0.3) is 0 Å². The van der Waals surface area contributed by atoms with Crippen LogP contribution in [0, 0.1) is 0 Å². The molecule has 1 unspecified atom stereocenters. The van der Waals surface area contributed by atoms with Gasteiger partial charge in [0.2, 0.25) is 5.91 Å². The predicted molar refractivity (Wildman–Crippen MR) is 109 cm³/mol. The summed E-state index contributed by atoms with van der Waals surface area (Å²) in [6.45, 7) is 0. The average Bonchev–Trinajstić information content (AvgIpc) is 3.22. The van der Waals surface area contributed by atoms with Crippen LogP contribution in [0.1, 0.15) is 39.7 Å². The molecule has 0 spiro atoms. The number of thioether (sulfide) groups is 1. The largest absolute Gasteiger partial charge is 0.467 e. The number of benzene rings is 2. The van der Waals surface area contributed by atoms with Gasteiger partial charge >= 0.3 is 12.1 Å². The van der Waals surface area contributed by atoms with Crippen LogP contribution in [0.25, 0.3) is 0 Å². The summed E-state index contributed by atoms with van der Waals surface area (Å²) in [6.07, 6.45) is -4.78. The number of hydrogen-bond donors (Lipinski definition) is 0. The quantitative estimate of drug-likeness (QED) is 0.479. The Morgan fingerprint density at radius 3 is 2.42 bits per heavy atom. The van der Waals surface area contributed by atoms with Gasteiger partial charge in [-0.3, -0.25) is 9.59 Å². The maximum atomic E-state index is 13.1. The Morgan fingerprint density at radius 2 is 1.77 bits per heavy atom. The van der Waals surface area contributed by atoms with Crippen molar-refractivity contribution in [3.8, 4) is 0 Å². The maximum Gasteiger partial charge on any atom is 0.416 e. The SMILES string of the molecule is COC(=O)[C@@H]1CSC(c2cccc(C(F)(F)F)c2)N1C(=O)CCC(=O)c1ccccc1. The summed E-state index contributed by atoms with van der Waals surface area (Å²) in [5, 5.41) is -0.786. The summed E-state index contributed by atoms with van der Waals surface area (Å²) < 4.78 is 44.2. The van der Waals surface area contributed by atoms with E-state index in [1.165, 1.54) is 35.9 Å². The van der Waals surface area contributed by atoms with Crippen molar-refractivity contribution in [2.45, 2.75) is 30.4 Å². The van der Waals surface area contributed by atoms with Crippen molar-refractivity contribution in [2.75, 3.05) is 12.9 Å². The molecule has 2 aromatic rings. The number of carbonyl (C=O) groups excluding carboxylic acids is 3. The molecule has 164 valence electrons. The zero-order valence-electron chi connectivity index (χ0n) is 16.6. The minimum absolute atomic E-state index is 0.0762. The van der Waals surface area contributed by atoms with E-state index in [4.69, 9.17) is 4.74 Å². The monoisotopic (exact) mass is 451 g/mol. The molecule has 0 aliphatic carbocycles. The number of Topliss-reactive ketones (excluding diaryl/α,β-unsaturated/α-hetero) is 1. The summed E-state index contributed by atoms with van der Waals surface area (Å²) in [5.74, 6) is -1.19. The van der Waals surface area contributed by atoms with Crippen molar-refractivity contribution in [3.63, 3.8) is 0 Å². The number of ether oxygens (including phenoxy) is 1. The van der Waals surface area contributed by atoms with Crippen molar-refractivity contribution >= 4 is 29.4 Å². The molecule has 1 amide bonds. The van der Waals surface area contributed by atoms with Crippen LogP contribution in [-0.2, 0) is 20.5 Å². The first kappa shape index (κ1) is 22.9. The van der Waals surface area contributed by atoms with Crippen molar-refractivity contribution in [1.29, 1.82) is 0 Å². The molecule has 1 aliphatic heterocycles. The molecule has 2 aromatic carbocycles. The van der Waals surface area contributed by atoms with Gasteiger partial charge in [-0.25, -0.2) is 4.79 Å². The van der Waals surface area contributed by atoms with Gasteiger partial charge < -0.3 is 9.64 Å². The van der Waals surface area contributed by atoms with Crippen LogP contribution in [-0.4, -0.2) is 41.5 Å². The number of amides is 1. The normalized spacial score (nSPS) is 18.6. The second-order valence-corrected chi connectivity index (χ2v) is 8.05. The van der Waals surface area contributed by atoms with Crippen LogP contribution in [0.15, 0.2) is 54.6 Å². The molecule has 0 radical (unpaired) electrons. The van der Waals surface area contributed by atoms with E-state index >= 15 is 0 Å². The number of nitrogens with zero attached hydrogens (tertiary/aromatic N) is 1. The Hall–Kier alpha value is -2.81. The number of carbonyl (C=O) groups is 3. The predicted octanol–water partition coefficient (Wildman–Crippen LogP) is 4.48. The third-order valence-electron chi connectivity index (χ3n) is 4.92. The number of rotatable bonds is 6. The molecular weight excluding hydrogens is 431 g/mol. The third-order valence-corrected chi connectivity index (χ3v) is 6.25. The fraction of sp³-hybridized carbons (Fsp3) is 0.318. The Morgan fingerprint density at radius 1 is 1.06 bits per heavy atom. The molecule has 1 fully saturated rings. The Kier molecular flexibility index (Phi) is 7.04. The first-order chi connectivity index (χ1) is 14.7. The van der Waals surface area contributed by atoms with Crippen molar-refractivity contribution in [1.82, 2.24) is 4.90 Å². The summed E-state index contributed by atoms with van der Waals surface area (Å²) in [7, 11) is 1.19. The van der Waals surface area contributed by atoms with Crippen molar-refractivity contribution in [2.24, 2.45) is 0 Å². The van der Waals surface area contributed by atoms with Crippen molar-refractivity contribution < 1.29 is 32.3 Å². The fourth-order valence-corrected chi connectivity index (χ4v) is 4.80. The summed E-state index contributed by atoms with van der Waals surface area (Å²) >= 11 is 1.19. The van der Waals surface area contributed by atoms with Crippen LogP contribution in [0.5, 0.6) is 0 Å². The molecule has 0 saturated carbocycles. The second kappa shape index (κ2) is 9.55. The first-order valence-corrected chi connectivity index (χ1v) is 10.5. The number of esters is 1. The highest BCUT2D eigenvalue weighted by atomic mass is 32.2. The van der Waals surface area contributed by atoms with Gasteiger partial charge in [0.1, 0.15) is 11.4 Å². The number of ketones is 1. The van der Waals surface area contributed by atoms with Gasteiger partial charge in [-0.2, -0.15) is 13.2 Å². The van der Waals surface area contributed by atoms with Crippen LogP contribution in [0.4, 0.5) is 13.2 Å². The van der Waals surface area contributed by atoms with E-state index in [0.29, 0.717) is 5.56 Å². The number of alkyl halides is 3. The molecule has 0 bridgehead atoms. The van der Waals surface area contributed by atoms with Crippen LogP contribution < -0.4 is 0 Å². The van der Waals surface area contributed by atoms with Gasteiger partial charge in [0.05, 0.1) is 12.7 Å². The molecule has 5 nitrogen and oxygen atoms in total. The van der Waals surface area contributed by atoms with E-state index < -0.39 is 35.0 Å². The fourth-order valence-electron chi connectivity index (χ4n) is 3.37. The zero-order chi connectivity index (χ0) is 22.6. The standard InChI is InChI=1S/C22H20F3NO4S/c1-30-21(29)17-13-31-20(15-8-5-9-16(12-15)22(23,24)25)26(17)19(28)11-10-18(27)14-6-3-2-4-7-14/h2-9,12,17,20H,10-11,13H2,1H3/t17-,20?/m0/s1. The molecular formula is C22H20F3NO4S. The maximum absolute atomic E-state index is 13.1. The second-order valence-electron chi connectivity index (χ2n) is 6.94. The number of hydrogen-bond acceptors (Lipinski definition) is 5. The molecule has 1 aliphatic rings. The summed E-state index contributed by atoms with van der Waals surface area (Å²) in [6, 6.07) is 12.2. The van der Waals surface area contributed by atoms with Crippen LogP contribution in [0.3, 0.4) is 0 Å². The minimum atomic E-state index is -4.53. The Balaban J connectivity index is 1.82. The van der Waals surface area contributed by atoms with Crippen LogP contribution in [0.2, 0.25) is 0 Å². The lowest BCUT2D eigenvalue weighted by Crippen LogP contribution is -2.43. The lowest BCUT2D eigenvalue weighted by atomic mass is 10.1. The average molecular weight is 451 g/mol. The van der Waals surface area contributed by atoms with Crippen LogP contribution >= 0.6 is 11.8 Å². The van der Waals surface area contributed by atoms with Gasteiger partial charge in [0, 0.05) is 24.2 Å². The molecule has 3 rings (SSSR count). The highest BCUT2D eigenvalue weighted by Crippen LogP contribution is 2.43. The van der Waals surface area contributed by atoms with E-state index in [1.54, 1.807) is 30.3 Å². The van der Waals surface area contributed by atoms with E-state index in [9.17, 15) is 27.6 Å². The molecule has 2 atom stereocenters. The smallest absolute Gasteiger partial charge is 0.416 e. The van der Waals surface area contributed by atoms with E-state index in [2.05, 4.69) is 0 Å². The van der Waals surface area contributed by atoms with Gasteiger partial charge in [-0.05, 0) is 17.7 Å². The van der Waals surface area contributed by atoms with Gasteiger partial charge in [-0.1, -0.05) is 42.5 Å². The topological polar surface area (TPSA) is 63.7 Å². The summed E-state index contributed by atoms with van der Waals surface area (Å²) in [5.41, 5.74) is -0.113. The zero-order valence-corrected chi connectivity index (χ0v) is 17.4. The van der Waals surface area contributed by atoms with E-state index in [-0.39, 0.29) is 29.9 Å². The molecule has 0 aromatic heterocycles. The highest BCUT2D eigenvalue weighted by Gasteiger charge is 2.43. The van der Waals surface area contributed by atoms with E-state index in [1.807, 2.05) is 0 Å². The highest BCUT2D eigenvalue weighted by molar-refractivity contribution is 7.99. The first-order valence-electron chi connectivity index (χ1n) is 9.48. The van der Waals surface area contributed by atoms with E-state index in [0.717, 1.165) is 12.1 Å². The minimum Gasteiger partial charge on any atom is -0.467 e. The molecule has 1 saturated heterocycles. The Bertz CT molecular complexity index is 965. The Labute approximate surface area is 181 Å². The lowest BCUT2D eigenvalue weighted by molar-refractivity contribution is -0.151. The number of halogens is 3. The molecule has 0 N–H and O–H groups in total. The van der Waals surface area contributed by atoms with Crippen molar-refractivity contribution in [3.05, 3.63) is 71.3 Å².